The Morgan fingerprint density at radius 2 is 1.94 bits per heavy atom. The Kier molecular flexibility index (Phi) is 4.19. The van der Waals surface area contributed by atoms with E-state index >= 15 is 0 Å². The molecule has 0 bridgehead atoms. The molecule has 0 fully saturated rings. The van der Waals surface area contributed by atoms with Gasteiger partial charge in [0.2, 0.25) is 0 Å². The first kappa shape index (κ1) is 13.6. The van der Waals surface area contributed by atoms with Gasteiger partial charge in [-0.2, -0.15) is 8.42 Å². The van der Waals surface area contributed by atoms with Crippen LogP contribution in [0.25, 0.3) is 0 Å². The van der Waals surface area contributed by atoms with Crippen molar-refractivity contribution >= 4 is 16.2 Å². The van der Waals surface area contributed by atoms with Crippen LogP contribution in [0.5, 0.6) is 0 Å². The average molecular weight is 261 g/mol. The highest BCUT2D eigenvalue weighted by molar-refractivity contribution is 7.86. The second-order valence-electron chi connectivity index (χ2n) is 3.42. The molecule has 0 saturated heterocycles. The number of rotatable bonds is 4. The number of carbonyl (C=O) groups is 1. The topological polar surface area (TPSA) is 86.5 Å². The molecule has 1 rings (SSSR count). The predicted octanol–water partition coefficient (Wildman–Crippen LogP) is 0.388. The average Bonchev–Trinajstić information content (AvgIpc) is 2.27. The maximum Gasteiger partial charge on any atom is 0.332 e. The molecule has 0 aliphatic rings. The predicted molar refractivity (Wildman–Crippen MR) is 58.4 cm³/mol. The molecule has 0 aromatic heterocycles. The summed E-state index contributed by atoms with van der Waals surface area (Å²) in [6.45, 7) is 0. The maximum atomic E-state index is 12.6. The zero-order valence-electron chi connectivity index (χ0n) is 9.09. The van der Waals surface area contributed by atoms with E-state index in [0.29, 0.717) is 5.56 Å². The summed E-state index contributed by atoms with van der Waals surface area (Å²) in [5.41, 5.74) is 6.14. The van der Waals surface area contributed by atoms with Gasteiger partial charge in [0, 0.05) is 0 Å². The summed E-state index contributed by atoms with van der Waals surface area (Å²) in [6, 6.07) is 4.21. The van der Waals surface area contributed by atoms with Crippen LogP contribution < -0.4 is 5.73 Å². The molecule has 0 saturated carbocycles. The molecule has 2 N–H and O–H groups in total. The van der Waals surface area contributed by atoms with Crippen LogP contribution >= 0.6 is 0 Å². The number of carbonyl (C=O) groups excluding carboxylic acids is 1. The van der Waals surface area contributed by atoms with Gasteiger partial charge in [-0.05, 0) is 24.1 Å². The molecular weight excluding hydrogens is 249 g/mol. The number of esters is 1. The minimum absolute atomic E-state index is 0.194. The number of halogens is 1. The lowest BCUT2D eigenvalue weighted by Crippen LogP contribution is -2.33. The normalized spacial score (nSPS) is 13.1. The fraction of sp³-hybridized carbons (Fsp3) is 0.300. The van der Waals surface area contributed by atoms with Crippen molar-refractivity contribution in [2.24, 2.45) is 5.73 Å². The molecule has 0 spiro atoms. The van der Waals surface area contributed by atoms with E-state index in [-0.39, 0.29) is 6.42 Å². The summed E-state index contributed by atoms with van der Waals surface area (Å²) >= 11 is 0. The Morgan fingerprint density at radius 3 is 2.35 bits per heavy atom. The number of hydrogen-bond donors (Lipinski definition) is 1. The monoisotopic (exact) mass is 261 g/mol. The van der Waals surface area contributed by atoms with E-state index in [1.807, 2.05) is 0 Å². The number of hydrogen-bond acceptors (Lipinski definition) is 5. The van der Waals surface area contributed by atoms with Gasteiger partial charge < -0.3 is 10.5 Å². The molecule has 0 aliphatic carbocycles. The number of ether oxygens (including phenoxy) is 1. The fourth-order valence-electron chi connectivity index (χ4n) is 1.28. The third kappa shape index (κ3) is 3.79. The second-order valence-corrected chi connectivity index (χ2v) is 4.76. The van der Waals surface area contributed by atoms with Gasteiger partial charge in [0.05, 0.1) is 12.0 Å². The van der Waals surface area contributed by atoms with Gasteiger partial charge in [0.1, 0.15) is 6.04 Å². The first-order chi connectivity index (χ1) is 7.84. The van der Waals surface area contributed by atoms with Gasteiger partial charge >= 0.3 is 16.2 Å². The molecular formula is C10H12FNO4S. The molecule has 5 nitrogen and oxygen atoms in total. The summed E-state index contributed by atoms with van der Waals surface area (Å²) in [6.07, 6.45) is 0.194. The van der Waals surface area contributed by atoms with E-state index in [9.17, 15) is 17.1 Å². The Morgan fingerprint density at radius 1 is 1.41 bits per heavy atom. The number of nitrogens with two attached hydrogens (primary N) is 1. The Hall–Kier alpha value is -1.47. The first-order valence-corrected chi connectivity index (χ1v) is 6.10. The van der Waals surface area contributed by atoms with Gasteiger partial charge in [0.15, 0.2) is 0 Å². The highest BCUT2D eigenvalue weighted by atomic mass is 32.3. The summed E-state index contributed by atoms with van der Waals surface area (Å²) in [4.78, 5) is 10.6. The van der Waals surface area contributed by atoms with Crippen LogP contribution in [-0.2, 0) is 26.2 Å². The lowest BCUT2D eigenvalue weighted by molar-refractivity contribution is -0.142. The standard InChI is InChI=1S/C10H12FNO4S/c1-16-10(13)9(12)6-7-2-4-8(5-3-7)17(11,14)15/h2-5,9H,6,12H2,1H3/t9-/m0/s1. The van der Waals surface area contributed by atoms with Crippen LogP contribution in [0, 0.1) is 0 Å². The quantitative estimate of drug-likeness (QED) is 0.625. The highest BCUT2D eigenvalue weighted by Crippen LogP contribution is 2.13. The van der Waals surface area contributed by atoms with E-state index in [1.165, 1.54) is 19.2 Å². The Bertz CT molecular complexity index is 498. The Balaban J connectivity index is 2.79. The maximum absolute atomic E-state index is 12.6. The summed E-state index contributed by atoms with van der Waals surface area (Å²) in [7, 11) is -3.47. The van der Waals surface area contributed by atoms with Crippen LogP contribution in [0.1, 0.15) is 5.56 Å². The van der Waals surface area contributed by atoms with Crippen molar-refractivity contribution in [3.63, 3.8) is 0 Å². The third-order valence-electron chi connectivity index (χ3n) is 2.16. The van der Waals surface area contributed by atoms with Crippen molar-refractivity contribution in [3.05, 3.63) is 29.8 Å². The van der Waals surface area contributed by atoms with Gasteiger partial charge in [-0.3, -0.25) is 4.79 Å². The zero-order valence-corrected chi connectivity index (χ0v) is 9.91. The van der Waals surface area contributed by atoms with Crippen molar-refractivity contribution in [2.45, 2.75) is 17.4 Å². The van der Waals surface area contributed by atoms with E-state index in [0.717, 1.165) is 12.1 Å². The van der Waals surface area contributed by atoms with Crippen molar-refractivity contribution in [2.75, 3.05) is 7.11 Å². The Labute approximate surface area is 98.6 Å². The van der Waals surface area contributed by atoms with E-state index < -0.39 is 27.1 Å². The molecule has 0 amide bonds. The van der Waals surface area contributed by atoms with Crippen LogP contribution in [0.4, 0.5) is 3.89 Å². The molecule has 0 aliphatic heterocycles. The van der Waals surface area contributed by atoms with Crippen molar-refractivity contribution in [3.8, 4) is 0 Å². The minimum Gasteiger partial charge on any atom is -0.468 e. The van der Waals surface area contributed by atoms with E-state index in [1.54, 1.807) is 0 Å². The smallest absolute Gasteiger partial charge is 0.332 e. The number of methoxy groups -OCH3 is 1. The second kappa shape index (κ2) is 5.24. The van der Waals surface area contributed by atoms with E-state index in [4.69, 9.17) is 5.73 Å². The molecule has 17 heavy (non-hydrogen) atoms. The molecule has 0 heterocycles. The van der Waals surface area contributed by atoms with Crippen LogP contribution in [0.3, 0.4) is 0 Å². The molecule has 1 aromatic carbocycles. The van der Waals surface area contributed by atoms with Gasteiger partial charge in [-0.1, -0.05) is 12.1 Å². The van der Waals surface area contributed by atoms with Crippen molar-refractivity contribution < 1.29 is 21.8 Å². The zero-order chi connectivity index (χ0) is 13.1. The molecule has 94 valence electrons. The van der Waals surface area contributed by atoms with Crippen molar-refractivity contribution in [1.82, 2.24) is 0 Å². The molecule has 1 aromatic rings. The molecule has 0 radical (unpaired) electrons. The molecule has 7 heteroatoms. The molecule has 1 atom stereocenters. The third-order valence-corrected chi connectivity index (χ3v) is 3.00. The van der Waals surface area contributed by atoms with Gasteiger partial charge in [0.25, 0.3) is 0 Å². The van der Waals surface area contributed by atoms with Gasteiger partial charge in [-0.15, -0.1) is 3.89 Å². The van der Waals surface area contributed by atoms with Crippen molar-refractivity contribution in [1.29, 1.82) is 0 Å². The minimum atomic E-state index is -4.69. The molecule has 0 unspecified atom stereocenters. The summed E-state index contributed by atoms with van der Waals surface area (Å²) in [5, 5.41) is 0. The van der Waals surface area contributed by atoms with Crippen LogP contribution in [0.2, 0.25) is 0 Å². The fourth-order valence-corrected chi connectivity index (χ4v) is 1.74. The van der Waals surface area contributed by atoms with Crippen LogP contribution in [-0.4, -0.2) is 27.5 Å². The largest absolute Gasteiger partial charge is 0.468 e. The highest BCUT2D eigenvalue weighted by Gasteiger charge is 2.15. The van der Waals surface area contributed by atoms with Gasteiger partial charge in [-0.25, -0.2) is 0 Å². The van der Waals surface area contributed by atoms with Crippen LogP contribution in [0.15, 0.2) is 29.2 Å². The van der Waals surface area contributed by atoms with E-state index in [2.05, 4.69) is 4.74 Å². The SMILES string of the molecule is COC(=O)[C@@H](N)Cc1ccc(S(=O)(=O)F)cc1. The number of benzene rings is 1. The lowest BCUT2D eigenvalue weighted by atomic mass is 10.1. The summed E-state index contributed by atoms with van der Waals surface area (Å²) < 4.78 is 38.1. The first-order valence-electron chi connectivity index (χ1n) is 4.71. The summed E-state index contributed by atoms with van der Waals surface area (Å²) in [5.74, 6) is -0.563. The lowest BCUT2D eigenvalue weighted by Gasteiger charge is -2.09.